The molecule has 1 atom stereocenters. The van der Waals surface area contributed by atoms with Crippen LogP contribution >= 0.6 is 0 Å². The van der Waals surface area contributed by atoms with Gasteiger partial charge in [-0.15, -0.1) is 0 Å². The topological polar surface area (TPSA) is 0 Å². The van der Waals surface area contributed by atoms with Crippen molar-refractivity contribution in [3.05, 3.63) is 0 Å². The monoisotopic (exact) mass is 292 g/mol. The fourth-order valence-corrected chi connectivity index (χ4v) is 4.08. The molecule has 0 bridgehead atoms. The first kappa shape index (κ1) is 19.1. The normalized spacial score (nSPS) is 19.2. The lowest BCUT2D eigenvalue weighted by molar-refractivity contribution is 0.491. The highest BCUT2D eigenvalue weighted by Gasteiger charge is 2.18. The van der Waals surface area contributed by atoms with Gasteiger partial charge in [-0.05, 0) is 5.92 Å². The van der Waals surface area contributed by atoms with Gasteiger partial charge < -0.3 is 0 Å². The lowest BCUT2D eigenvalue weighted by Gasteiger charge is -2.23. The summed E-state index contributed by atoms with van der Waals surface area (Å²) in [6.45, 7) is 7.12. The summed E-state index contributed by atoms with van der Waals surface area (Å²) in [5.41, 5.74) is 0. The molecule has 21 heavy (non-hydrogen) atoms. The van der Waals surface area contributed by atoms with Gasteiger partial charge >= 0.3 is 0 Å². The van der Waals surface area contributed by atoms with Gasteiger partial charge in [-0.2, -0.15) is 0 Å². The van der Waals surface area contributed by atoms with E-state index in [-0.39, 0.29) is 0 Å². The fraction of sp³-hybridized carbons (Fsp3) is 1.00. The Bertz CT molecular complexity index is 216. The predicted octanol–water partition coefficient (Wildman–Crippen LogP) is 7.15. The van der Waals surface area contributed by atoms with Gasteiger partial charge in [-0.1, -0.05) is 122 Å². The molecule has 1 aliphatic carbocycles. The maximum Gasteiger partial charge on any atom is 0.127 e. The zero-order valence-electron chi connectivity index (χ0n) is 15.3. The highest BCUT2D eigenvalue weighted by atomic mass is 14.1. The van der Waals surface area contributed by atoms with Crippen molar-refractivity contribution < 1.29 is 0 Å². The summed E-state index contributed by atoms with van der Waals surface area (Å²) in [4.78, 5) is 0. The highest BCUT2D eigenvalue weighted by Crippen LogP contribution is 2.32. The van der Waals surface area contributed by atoms with Crippen LogP contribution in [0.1, 0.15) is 111 Å². The molecule has 124 valence electrons. The zero-order chi connectivity index (χ0) is 15.3. The molecule has 1 aliphatic rings. The van der Waals surface area contributed by atoms with Gasteiger partial charge in [-0.3, -0.25) is 0 Å². The van der Waals surface area contributed by atoms with E-state index in [2.05, 4.69) is 20.8 Å². The van der Waals surface area contributed by atoms with Crippen LogP contribution in [-0.2, 0) is 0 Å². The molecule has 0 aromatic rings. The third-order valence-electron chi connectivity index (χ3n) is 5.61. The molecule has 0 amide bonds. The summed E-state index contributed by atoms with van der Waals surface area (Å²) >= 11 is 0. The maximum absolute atomic E-state index is 2.42. The minimum atomic E-state index is 0.896. The van der Waals surface area contributed by atoms with Crippen molar-refractivity contribution in [2.45, 2.75) is 122 Å². The third kappa shape index (κ3) is 10.4. The SMILES string of the molecule is CCC(BC1CCCCCCC1)CCCCCCC(C)C. The Hall–Kier alpha value is 0.0649. The molecule has 1 rings (SSSR count). The van der Waals surface area contributed by atoms with E-state index in [9.17, 15) is 0 Å². The van der Waals surface area contributed by atoms with Crippen LogP contribution < -0.4 is 0 Å². The summed E-state index contributed by atoms with van der Waals surface area (Å²) in [5.74, 6) is 2.99. The van der Waals surface area contributed by atoms with E-state index in [0.717, 1.165) is 17.6 Å². The van der Waals surface area contributed by atoms with Crippen molar-refractivity contribution >= 4 is 7.28 Å². The molecular formula is C20H41B. The predicted molar refractivity (Wildman–Crippen MR) is 99.8 cm³/mol. The van der Waals surface area contributed by atoms with Gasteiger partial charge in [0.15, 0.2) is 0 Å². The minimum Gasteiger partial charge on any atom is -0.0658 e. The van der Waals surface area contributed by atoms with Crippen LogP contribution in [0.4, 0.5) is 0 Å². The van der Waals surface area contributed by atoms with Crippen molar-refractivity contribution in [1.29, 1.82) is 0 Å². The molecule has 0 heterocycles. The third-order valence-corrected chi connectivity index (χ3v) is 5.61. The van der Waals surface area contributed by atoms with Crippen LogP contribution in [0.2, 0.25) is 11.6 Å². The molecule has 1 heteroatoms. The standard InChI is InChI=1S/C20H41B/c1-4-19(15-11-9-8-10-14-18(2)3)21-20-16-12-6-5-7-13-17-20/h18-21H,4-17H2,1-3H3. The van der Waals surface area contributed by atoms with Gasteiger partial charge in [-0.25, -0.2) is 0 Å². The zero-order valence-corrected chi connectivity index (χ0v) is 15.3. The highest BCUT2D eigenvalue weighted by molar-refractivity contribution is 6.39. The van der Waals surface area contributed by atoms with Gasteiger partial charge in [0, 0.05) is 0 Å². The largest absolute Gasteiger partial charge is 0.127 e. The van der Waals surface area contributed by atoms with Gasteiger partial charge in [0.05, 0.1) is 0 Å². The number of rotatable bonds is 10. The van der Waals surface area contributed by atoms with E-state index < -0.39 is 0 Å². The lowest BCUT2D eigenvalue weighted by Crippen LogP contribution is -2.12. The maximum atomic E-state index is 2.42. The Kier molecular flexibility index (Phi) is 11.5. The molecule has 0 spiro atoms. The molecule has 1 unspecified atom stereocenters. The van der Waals surface area contributed by atoms with E-state index in [4.69, 9.17) is 0 Å². The van der Waals surface area contributed by atoms with Crippen LogP contribution in [0.5, 0.6) is 0 Å². The Labute approximate surface area is 136 Å². The number of hydrogen-bond donors (Lipinski definition) is 0. The Morgan fingerprint density at radius 2 is 1.38 bits per heavy atom. The Morgan fingerprint density at radius 3 is 1.95 bits per heavy atom. The molecule has 0 nitrogen and oxygen atoms in total. The fourth-order valence-electron chi connectivity index (χ4n) is 4.08. The van der Waals surface area contributed by atoms with Crippen molar-refractivity contribution in [2.75, 3.05) is 0 Å². The number of unbranched alkanes of at least 4 members (excludes halogenated alkanes) is 3. The molecule has 0 radical (unpaired) electrons. The molecule has 1 saturated carbocycles. The smallest absolute Gasteiger partial charge is 0.0658 e. The molecular weight excluding hydrogens is 251 g/mol. The van der Waals surface area contributed by atoms with Crippen molar-refractivity contribution in [3.8, 4) is 0 Å². The average molecular weight is 292 g/mol. The minimum absolute atomic E-state index is 0.896. The molecule has 0 aromatic carbocycles. The summed E-state index contributed by atoms with van der Waals surface area (Å²) in [6, 6.07) is 0. The van der Waals surface area contributed by atoms with Crippen LogP contribution in [0.15, 0.2) is 0 Å². The van der Waals surface area contributed by atoms with E-state index in [1.54, 1.807) is 7.28 Å². The summed E-state index contributed by atoms with van der Waals surface area (Å²) < 4.78 is 0. The quantitative estimate of drug-likeness (QED) is 0.296. The van der Waals surface area contributed by atoms with Crippen LogP contribution in [0, 0.1) is 5.92 Å². The van der Waals surface area contributed by atoms with E-state index in [1.807, 2.05) is 0 Å². The Balaban J connectivity index is 2.09. The van der Waals surface area contributed by atoms with Gasteiger partial charge in [0.2, 0.25) is 0 Å². The second kappa shape index (κ2) is 12.6. The summed E-state index contributed by atoms with van der Waals surface area (Å²) in [5, 5.41) is 0. The van der Waals surface area contributed by atoms with E-state index in [1.165, 1.54) is 89.9 Å². The molecule has 0 saturated heterocycles. The van der Waals surface area contributed by atoms with Gasteiger partial charge in [0.1, 0.15) is 7.28 Å². The van der Waals surface area contributed by atoms with Gasteiger partial charge in [0.25, 0.3) is 0 Å². The van der Waals surface area contributed by atoms with E-state index >= 15 is 0 Å². The van der Waals surface area contributed by atoms with Crippen molar-refractivity contribution in [2.24, 2.45) is 5.92 Å². The second-order valence-electron chi connectivity index (χ2n) is 8.11. The first-order valence-corrected chi connectivity index (χ1v) is 10.2. The average Bonchev–Trinajstić information content (AvgIpc) is 2.43. The van der Waals surface area contributed by atoms with E-state index in [0.29, 0.717) is 0 Å². The second-order valence-corrected chi connectivity index (χ2v) is 8.11. The molecule has 0 aromatic heterocycles. The first-order chi connectivity index (χ1) is 10.2. The summed E-state index contributed by atoms with van der Waals surface area (Å²) in [7, 11) is 1.54. The first-order valence-electron chi connectivity index (χ1n) is 10.2. The van der Waals surface area contributed by atoms with Crippen molar-refractivity contribution in [3.63, 3.8) is 0 Å². The lowest BCUT2D eigenvalue weighted by atomic mass is 9.50. The molecule has 1 fully saturated rings. The molecule has 0 aliphatic heterocycles. The summed E-state index contributed by atoms with van der Waals surface area (Å²) in [6.07, 6.45) is 20.8. The van der Waals surface area contributed by atoms with Crippen LogP contribution in [0.25, 0.3) is 0 Å². The van der Waals surface area contributed by atoms with Crippen LogP contribution in [0.3, 0.4) is 0 Å². The Morgan fingerprint density at radius 1 is 0.810 bits per heavy atom. The molecule has 0 N–H and O–H groups in total. The number of hydrogen-bond acceptors (Lipinski definition) is 0. The van der Waals surface area contributed by atoms with Crippen LogP contribution in [-0.4, -0.2) is 7.28 Å². The van der Waals surface area contributed by atoms with Crippen molar-refractivity contribution in [1.82, 2.24) is 0 Å².